The lowest BCUT2D eigenvalue weighted by Gasteiger charge is -2.16. The molecule has 1 aliphatic heterocycles. The zero-order valence-electron chi connectivity index (χ0n) is 9.73. The molecule has 0 aromatic heterocycles. The Labute approximate surface area is 99.6 Å². The number of benzene rings is 1. The van der Waals surface area contributed by atoms with Gasteiger partial charge in [0.15, 0.2) is 0 Å². The lowest BCUT2D eigenvalue weighted by atomic mass is 9.99. The number of nitrogens with zero attached hydrogens (tertiary/aromatic N) is 2. The molecular weight excluding hydrogens is 216 g/mol. The summed E-state index contributed by atoms with van der Waals surface area (Å²) < 4.78 is 0. The van der Waals surface area contributed by atoms with Crippen LogP contribution in [0.1, 0.15) is 24.0 Å². The highest BCUT2D eigenvalue weighted by atomic mass is 16.3. The number of hydrogen-bond donors (Lipinski definition) is 1. The Kier molecular flexibility index (Phi) is 2.04. The third-order valence-electron chi connectivity index (χ3n) is 3.85. The van der Waals surface area contributed by atoms with Gasteiger partial charge in [0.1, 0.15) is 11.3 Å². The Hall–Kier alpha value is -1.80. The van der Waals surface area contributed by atoms with Gasteiger partial charge >= 0.3 is 0 Å². The smallest absolute Gasteiger partial charge is 0.235 e. The van der Waals surface area contributed by atoms with Crippen LogP contribution in [-0.2, 0) is 16.8 Å². The number of phenols is 1. The van der Waals surface area contributed by atoms with Crippen LogP contribution < -0.4 is 4.90 Å². The fraction of sp³-hybridized carbons (Fsp3) is 0.462. The van der Waals surface area contributed by atoms with Gasteiger partial charge in [-0.3, -0.25) is 0 Å². The van der Waals surface area contributed by atoms with E-state index >= 15 is 0 Å². The molecule has 1 aromatic rings. The largest absolute Gasteiger partial charge is 0.507 e. The molecule has 17 heavy (non-hydrogen) atoms. The molecule has 88 valence electrons. The van der Waals surface area contributed by atoms with Crippen LogP contribution in [0.2, 0.25) is 0 Å². The number of fused-ring (bicyclic) bond motifs is 1. The first-order chi connectivity index (χ1) is 8.18. The monoisotopic (exact) mass is 230 g/mol. The number of hydrogen-bond acceptors (Lipinski definition) is 4. The zero-order chi connectivity index (χ0) is 12.0. The average Bonchev–Trinajstić information content (AvgIpc) is 2.98. The number of aliphatic imine (C=N–C) groups is 1. The predicted molar refractivity (Wildman–Crippen MR) is 64.1 cm³/mol. The van der Waals surface area contributed by atoms with Crippen LogP contribution in [0.15, 0.2) is 17.1 Å². The Balaban J connectivity index is 2.12. The summed E-state index contributed by atoms with van der Waals surface area (Å²) in [6.07, 6.45) is 4.13. The van der Waals surface area contributed by atoms with Gasteiger partial charge in [-0.25, -0.2) is 4.79 Å². The van der Waals surface area contributed by atoms with Gasteiger partial charge in [-0.05, 0) is 25.3 Å². The maximum absolute atomic E-state index is 10.4. The van der Waals surface area contributed by atoms with Crippen molar-refractivity contribution >= 4 is 11.8 Å². The van der Waals surface area contributed by atoms with E-state index in [0.717, 1.165) is 42.6 Å². The van der Waals surface area contributed by atoms with Gasteiger partial charge in [-0.2, -0.15) is 4.99 Å². The molecule has 1 aliphatic carbocycles. The molecule has 0 radical (unpaired) electrons. The fourth-order valence-corrected chi connectivity index (χ4v) is 2.65. The SMILES string of the molecule is CN1CCc2c1ccc(C1(N=C=O)CC1)c2O. The van der Waals surface area contributed by atoms with Crippen molar-refractivity contribution in [1.82, 2.24) is 0 Å². The van der Waals surface area contributed by atoms with Crippen molar-refractivity contribution in [1.29, 1.82) is 0 Å². The van der Waals surface area contributed by atoms with Crippen LogP contribution in [0, 0.1) is 0 Å². The van der Waals surface area contributed by atoms with Gasteiger partial charge < -0.3 is 10.0 Å². The minimum Gasteiger partial charge on any atom is -0.507 e. The topological polar surface area (TPSA) is 52.9 Å². The molecule has 0 saturated heterocycles. The highest BCUT2D eigenvalue weighted by Crippen LogP contribution is 2.54. The highest BCUT2D eigenvalue weighted by Gasteiger charge is 2.47. The summed E-state index contributed by atoms with van der Waals surface area (Å²) in [6, 6.07) is 3.90. The van der Waals surface area contributed by atoms with Crippen LogP contribution in [0.5, 0.6) is 5.75 Å². The Bertz CT molecular complexity index is 528. The molecule has 0 spiro atoms. The average molecular weight is 230 g/mol. The molecule has 0 amide bonds. The molecule has 0 bridgehead atoms. The normalized spacial score (nSPS) is 19.7. The molecular formula is C13H14N2O2. The third-order valence-corrected chi connectivity index (χ3v) is 3.85. The second-order valence-electron chi connectivity index (χ2n) is 4.87. The summed E-state index contributed by atoms with van der Waals surface area (Å²) in [6.45, 7) is 0.927. The van der Waals surface area contributed by atoms with E-state index in [4.69, 9.17) is 0 Å². The van der Waals surface area contributed by atoms with Gasteiger partial charge in [0.05, 0.1) is 0 Å². The Morgan fingerprint density at radius 1 is 1.47 bits per heavy atom. The first-order valence-electron chi connectivity index (χ1n) is 5.83. The molecule has 4 heteroatoms. The minimum atomic E-state index is -0.484. The second kappa shape index (κ2) is 3.34. The van der Waals surface area contributed by atoms with E-state index in [2.05, 4.69) is 9.89 Å². The van der Waals surface area contributed by atoms with Gasteiger partial charge in [-0.1, -0.05) is 6.07 Å². The van der Waals surface area contributed by atoms with Gasteiger partial charge in [-0.15, -0.1) is 0 Å². The molecule has 4 nitrogen and oxygen atoms in total. The number of aromatic hydroxyl groups is 1. The van der Waals surface area contributed by atoms with E-state index < -0.39 is 5.54 Å². The molecule has 1 aromatic carbocycles. The van der Waals surface area contributed by atoms with Crippen LogP contribution in [0.4, 0.5) is 5.69 Å². The maximum Gasteiger partial charge on any atom is 0.235 e. The maximum atomic E-state index is 10.4. The van der Waals surface area contributed by atoms with Gasteiger partial charge in [0.25, 0.3) is 0 Å². The van der Waals surface area contributed by atoms with Crippen LogP contribution in [-0.4, -0.2) is 24.8 Å². The first kappa shape index (κ1) is 10.4. The summed E-state index contributed by atoms with van der Waals surface area (Å²) in [7, 11) is 2.02. The van der Waals surface area contributed by atoms with Crippen molar-refractivity contribution in [2.24, 2.45) is 4.99 Å². The van der Waals surface area contributed by atoms with E-state index in [1.165, 1.54) is 0 Å². The zero-order valence-corrected chi connectivity index (χ0v) is 9.73. The second-order valence-corrected chi connectivity index (χ2v) is 4.87. The molecule has 1 heterocycles. The van der Waals surface area contributed by atoms with Crippen molar-refractivity contribution < 1.29 is 9.90 Å². The molecule has 1 saturated carbocycles. The lowest BCUT2D eigenvalue weighted by Crippen LogP contribution is -2.12. The number of rotatable bonds is 2. The number of phenolic OH excluding ortho intramolecular Hbond substituents is 1. The highest BCUT2D eigenvalue weighted by molar-refractivity contribution is 5.66. The summed E-state index contributed by atoms with van der Waals surface area (Å²) in [5.41, 5.74) is 2.37. The number of anilines is 1. The van der Waals surface area contributed by atoms with Crippen molar-refractivity contribution in [2.75, 3.05) is 18.5 Å². The molecule has 0 unspecified atom stereocenters. The Morgan fingerprint density at radius 3 is 2.88 bits per heavy atom. The standard InChI is InChI=1S/C13H14N2O2/c1-15-7-4-9-11(15)3-2-10(12(9)17)13(5-6-13)14-8-16/h2-3,17H,4-7H2,1H3. The lowest BCUT2D eigenvalue weighted by molar-refractivity contribution is 0.454. The predicted octanol–water partition coefficient (Wildman–Crippen LogP) is 1.71. The molecule has 0 atom stereocenters. The third kappa shape index (κ3) is 1.38. The molecule has 1 fully saturated rings. The Morgan fingerprint density at radius 2 is 2.24 bits per heavy atom. The molecule has 3 rings (SSSR count). The van der Waals surface area contributed by atoms with E-state index in [-0.39, 0.29) is 0 Å². The van der Waals surface area contributed by atoms with E-state index in [0.29, 0.717) is 5.75 Å². The summed E-state index contributed by atoms with van der Waals surface area (Å²) >= 11 is 0. The summed E-state index contributed by atoms with van der Waals surface area (Å²) in [4.78, 5) is 16.4. The minimum absolute atomic E-state index is 0.323. The van der Waals surface area contributed by atoms with Gasteiger partial charge in [0, 0.05) is 30.4 Å². The number of carbonyl (C=O) groups excluding carboxylic acids is 1. The summed E-state index contributed by atoms with van der Waals surface area (Å²) in [5.74, 6) is 0.323. The number of likely N-dealkylation sites (N-methyl/N-ethyl adjacent to an activating group) is 1. The molecule has 2 aliphatic rings. The fourth-order valence-electron chi connectivity index (χ4n) is 2.65. The van der Waals surface area contributed by atoms with Crippen LogP contribution in [0.25, 0.3) is 0 Å². The van der Waals surface area contributed by atoms with Crippen molar-refractivity contribution in [3.63, 3.8) is 0 Å². The van der Waals surface area contributed by atoms with Gasteiger partial charge in [0.2, 0.25) is 6.08 Å². The van der Waals surface area contributed by atoms with E-state index in [1.807, 2.05) is 19.2 Å². The van der Waals surface area contributed by atoms with Crippen molar-refractivity contribution in [3.8, 4) is 5.75 Å². The van der Waals surface area contributed by atoms with Crippen molar-refractivity contribution in [2.45, 2.75) is 24.8 Å². The van der Waals surface area contributed by atoms with Crippen LogP contribution in [0.3, 0.4) is 0 Å². The summed E-state index contributed by atoms with van der Waals surface area (Å²) in [5, 5.41) is 10.3. The quantitative estimate of drug-likeness (QED) is 0.621. The van der Waals surface area contributed by atoms with Crippen LogP contribution >= 0.6 is 0 Å². The molecule has 1 N–H and O–H groups in total. The van der Waals surface area contributed by atoms with E-state index in [1.54, 1.807) is 6.08 Å². The van der Waals surface area contributed by atoms with E-state index in [9.17, 15) is 9.90 Å². The van der Waals surface area contributed by atoms with Crippen molar-refractivity contribution in [3.05, 3.63) is 23.3 Å². The first-order valence-corrected chi connectivity index (χ1v) is 5.83. The number of isocyanates is 1.